The van der Waals surface area contributed by atoms with Gasteiger partial charge in [0.15, 0.2) is 0 Å². The summed E-state index contributed by atoms with van der Waals surface area (Å²) in [6.45, 7) is -0.234. The van der Waals surface area contributed by atoms with Gasteiger partial charge in [0.1, 0.15) is 5.82 Å². The Balaban J connectivity index is 3.21. The molecule has 2 N–H and O–H groups in total. The highest BCUT2D eigenvalue weighted by atomic mass is 32.2. The van der Waals surface area contributed by atoms with Crippen molar-refractivity contribution in [2.24, 2.45) is 0 Å². The standard InChI is InChI=1S/C10H8FNO4S/c1-2-5-12-17(15,16)7-3-4-9(11)8(6-7)10(13)14/h1,3-4,6,12H,5H2,(H,13,14). The van der Waals surface area contributed by atoms with Gasteiger partial charge in [0.25, 0.3) is 0 Å². The summed E-state index contributed by atoms with van der Waals surface area (Å²) in [4.78, 5) is 10.3. The Morgan fingerprint density at radius 1 is 1.53 bits per heavy atom. The van der Waals surface area contributed by atoms with Crippen molar-refractivity contribution < 1.29 is 22.7 Å². The van der Waals surface area contributed by atoms with Gasteiger partial charge >= 0.3 is 5.97 Å². The first-order valence-corrected chi connectivity index (χ1v) is 5.83. The van der Waals surface area contributed by atoms with Crippen LogP contribution in [0, 0.1) is 18.2 Å². The van der Waals surface area contributed by atoms with Gasteiger partial charge in [-0.15, -0.1) is 6.42 Å². The van der Waals surface area contributed by atoms with E-state index in [-0.39, 0.29) is 11.4 Å². The van der Waals surface area contributed by atoms with Crippen molar-refractivity contribution in [3.63, 3.8) is 0 Å². The van der Waals surface area contributed by atoms with Crippen molar-refractivity contribution >= 4 is 16.0 Å². The van der Waals surface area contributed by atoms with Gasteiger partial charge < -0.3 is 5.11 Å². The molecule has 1 aromatic carbocycles. The number of aromatic carboxylic acids is 1. The zero-order chi connectivity index (χ0) is 13.1. The highest BCUT2D eigenvalue weighted by Gasteiger charge is 2.18. The molecule has 0 saturated heterocycles. The summed E-state index contributed by atoms with van der Waals surface area (Å²) in [7, 11) is -3.92. The number of hydrogen-bond donors (Lipinski definition) is 2. The van der Waals surface area contributed by atoms with Crippen molar-refractivity contribution in [2.75, 3.05) is 6.54 Å². The summed E-state index contributed by atoms with van der Waals surface area (Å²) in [5.74, 6) is -0.489. The second-order valence-corrected chi connectivity index (χ2v) is 4.74. The van der Waals surface area contributed by atoms with Crippen molar-refractivity contribution in [3.05, 3.63) is 29.6 Å². The molecule has 0 aromatic heterocycles. The van der Waals surface area contributed by atoms with E-state index in [0.717, 1.165) is 18.2 Å². The maximum absolute atomic E-state index is 13.0. The van der Waals surface area contributed by atoms with Crippen LogP contribution in [0.25, 0.3) is 0 Å². The number of hydrogen-bond acceptors (Lipinski definition) is 3. The maximum Gasteiger partial charge on any atom is 0.338 e. The molecule has 0 aliphatic carbocycles. The van der Waals surface area contributed by atoms with Gasteiger partial charge in [-0.1, -0.05) is 5.92 Å². The first-order chi connectivity index (χ1) is 7.88. The minimum atomic E-state index is -3.92. The van der Waals surface area contributed by atoms with Gasteiger partial charge in [-0.3, -0.25) is 0 Å². The number of carboxylic acids is 1. The first kappa shape index (κ1) is 13.2. The number of carboxylic acid groups (broad SMARTS) is 1. The zero-order valence-corrected chi connectivity index (χ0v) is 9.29. The lowest BCUT2D eigenvalue weighted by atomic mass is 10.2. The molecule has 17 heavy (non-hydrogen) atoms. The molecule has 0 atom stereocenters. The van der Waals surface area contributed by atoms with Crippen LogP contribution in [-0.2, 0) is 10.0 Å². The number of terminal acetylenes is 1. The van der Waals surface area contributed by atoms with Crippen LogP contribution >= 0.6 is 0 Å². The van der Waals surface area contributed by atoms with E-state index < -0.39 is 27.4 Å². The number of carbonyl (C=O) groups is 1. The van der Waals surface area contributed by atoms with Crippen molar-refractivity contribution in [1.29, 1.82) is 0 Å². The molecule has 0 unspecified atom stereocenters. The fourth-order valence-corrected chi connectivity index (χ4v) is 2.02. The van der Waals surface area contributed by atoms with Gasteiger partial charge in [-0.25, -0.2) is 17.6 Å². The Hall–Kier alpha value is -1.91. The summed E-state index contributed by atoms with van der Waals surface area (Å²) >= 11 is 0. The van der Waals surface area contributed by atoms with E-state index in [1.807, 2.05) is 4.72 Å². The molecule has 5 nitrogen and oxygen atoms in total. The van der Waals surface area contributed by atoms with E-state index in [4.69, 9.17) is 11.5 Å². The lowest BCUT2D eigenvalue weighted by molar-refractivity contribution is 0.0691. The van der Waals surface area contributed by atoms with Crippen LogP contribution in [-0.4, -0.2) is 26.0 Å². The molecule has 0 fully saturated rings. The molecule has 0 bridgehead atoms. The summed E-state index contributed by atoms with van der Waals surface area (Å²) < 4.78 is 38.2. The van der Waals surface area contributed by atoms with E-state index in [1.54, 1.807) is 0 Å². The predicted octanol–water partition coefficient (Wildman–Crippen LogP) is 0.435. The van der Waals surface area contributed by atoms with Crippen molar-refractivity contribution in [3.8, 4) is 12.3 Å². The smallest absolute Gasteiger partial charge is 0.338 e. The quantitative estimate of drug-likeness (QED) is 0.766. The van der Waals surface area contributed by atoms with Gasteiger partial charge in [-0.05, 0) is 18.2 Å². The van der Waals surface area contributed by atoms with Crippen molar-refractivity contribution in [2.45, 2.75) is 4.90 Å². The molecule has 0 heterocycles. The van der Waals surface area contributed by atoms with Gasteiger partial charge in [0.2, 0.25) is 10.0 Å². The third-order valence-corrected chi connectivity index (χ3v) is 3.24. The summed E-state index contributed by atoms with van der Waals surface area (Å²) in [6.07, 6.45) is 4.88. The van der Waals surface area contributed by atoms with Gasteiger partial charge in [-0.2, -0.15) is 4.72 Å². The van der Waals surface area contributed by atoms with E-state index in [1.165, 1.54) is 0 Å². The normalized spacial score (nSPS) is 10.8. The van der Waals surface area contributed by atoms with Crippen molar-refractivity contribution in [1.82, 2.24) is 4.72 Å². The van der Waals surface area contributed by atoms with Crippen LogP contribution in [0.1, 0.15) is 10.4 Å². The molecule has 0 aliphatic heterocycles. The molecule has 0 aliphatic rings. The number of nitrogens with one attached hydrogen (secondary N) is 1. The third-order valence-electron chi connectivity index (χ3n) is 1.84. The SMILES string of the molecule is C#CCNS(=O)(=O)c1ccc(F)c(C(=O)O)c1. The maximum atomic E-state index is 13.0. The number of sulfonamides is 1. The Morgan fingerprint density at radius 3 is 2.71 bits per heavy atom. The molecular formula is C10H8FNO4S. The first-order valence-electron chi connectivity index (χ1n) is 4.34. The minimum absolute atomic E-state index is 0.234. The lowest BCUT2D eigenvalue weighted by Gasteiger charge is -2.05. The molecule has 7 heteroatoms. The summed E-state index contributed by atoms with van der Waals surface area (Å²) in [5.41, 5.74) is -0.714. The monoisotopic (exact) mass is 257 g/mol. The number of rotatable bonds is 4. The predicted molar refractivity (Wildman–Crippen MR) is 57.4 cm³/mol. The molecule has 0 radical (unpaired) electrons. The third kappa shape index (κ3) is 3.03. The topological polar surface area (TPSA) is 83.5 Å². The molecule has 0 amide bonds. The molecule has 0 saturated carbocycles. The average molecular weight is 257 g/mol. The molecule has 1 aromatic rings. The van der Waals surface area contributed by atoms with E-state index in [2.05, 4.69) is 5.92 Å². The van der Waals surface area contributed by atoms with Crippen LogP contribution in [0.5, 0.6) is 0 Å². The minimum Gasteiger partial charge on any atom is -0.478 e. The molecule has 0 spiro atoms. The highest BCUT2D eigenvalue weighted by molar-refractivity contribution is 7.89. The van der Waals surface area contributed by atoms with Crippen LogP contribution in [0.15, 0.2) is 23.1 Å². The Morgan fingerprint density at radius 2 is 2.18 bits per heavy atom. The Bertz CT molecular complexity index is 589. The van der Waals surface area contributed by atoms with Gasteiger partial charge in [0, 0.05) is 0 Å². The molecular weight excluding hydrogens is 249 g/mol. The van der Waals surface area contributed by atoms with Crippen LogP contribution in [0.4, 0.5) is 4.39 Å². The fourth-order valence-electron chi connectivity index (χ4n) is 1.06. The highest BCUT2D eigenvalue weighted by Crippen LogP contribution is 2.14. The van der Waals surface area contributed by atoms with E-state index in [9.17, 15) is 17.6 Å². The van der Waals surface area contributed by atoms with Crippen LogP contribution < -0.4 is 4.72 Å². The molecule has 90 valence electrons. The van der Waals surface area contributed by atoms with Gasteiger partial charge in [0.05, 0.1) is 17.0 Å². The number of benzene rings is 1. The second kappa shape index (κ2) is 4.95. The molecule has 1 rings (SSSR count). The van der Waals surface area contributed by atoms with E-state index in [0.29, 0.717) is 0 Å². The van der Waals surface area contributed by atoms with Crippen LogP contribution in [0.2, 0.25) is 0 Å². The average Bonchev–Trinajstić information content (AvgIpc) is 2.26. The summed E-state index contributed by atoms with van der Waals surface area (Å²) in [6, 6.07) is 2.46. The van der Waals surface area contributed by atoms with E-state index >= 15 is 0 Å². The largest absolute Gasteiger partial charge is 0.478 e. The fraction of sp³-hybridized carbons (Fsp3) is 0.100. The lowest BCUT2D eigenvalue weighted by Crippen LogP contribution is -2.24. The summed E-state index contributed by atoms with van der Waals surface area (Å²) in [5, 5.41) is 8.64. The number of halogens is 1. The zero-order valence-electron chi connectivity index (χ0n) is 8.47. The second-order valence-electron chi connectivity index (χ2n) is 2.98. The Kier molecular flexibility index (Phi) is 3.83. The Labute approximate surface area is 97.3 Å². The van der Waals surface area contributed by atoms with Crippen LogP contribution in [0.3, 0.4) is 0 Å².